The van der Waals surface area contributed by atoms with Gasteiger partial charge in [0.2, 0.25) is 0 Å². The molecule has 0 spiro atoms. The van der Waals surface area contributed by atoms with Crippen LogP contribution in [0.5, 0.6) is 0 Å². The van der Waals surface area contributed by atoms with Crippen molar-refractivity contribution in [1.29, 1.82) is 0 Å². The van der Waals surface area contributed by atoms with Crippen LogP contribution in [0.4, 0.5) is 18.9 Å². The molecule has 142 valence electrons. The average molecular weight is 419 g/mol. The van der Waals surface area contributed by atoms with Gasteiger partial charge in [-0.25, -0.2) is 0 Å². The highest BCUT2D eigenvalue weighted by molar-refractivity contribution is 7.16. The first-order valence-electron chi connectivity index (χ1n) is 8.45. The van der Waals surface area contributed by atoms with Crippen molar-refractivity contribution in [3.63, 3.8) is 0 Å². The second kappa shape index (κ2) is 7.45. The summed E-state index contributed by atoms with van der Waals surface area (Å²) in [5.74, 6) is 0. The number of benzene rings is 2. The van der Waals surface area contributed by atoms with Crippen molar-refractivity contribution in [2.24, 2.45) is 0 Å². The van der Waals surface area contributed by atoms with E-state index in [1.54, 1.807) is 12.1 Å². The van der Waals surface area contributed by atoms with E-state index in [1.807, 2.05) is 36.4 Å². The minimum absolute atomic E-state index is 0.0425. The summed E-state index contributed by atoms with van der Waals surface area (Å²) in [6.45, 7) is 0.621. The van der Waals surface area contributed by atoms with E-state index in [0.29, 0.717) is 17.5 Å². The van der Waals surface area contributed by atoms with Crippen LogP contribution >= 0.6 is 22.9 Å². The maximum absolute atomic E-state index is 13.3. The molecule has 0 unspecified atom stereocenters. The fourth-order valence-corrected chi connectivity index (χ4v) is 4.12. The Labute approximate surface area is 168 Å². The Morgan fingerprint density at radius 1 is 1.00 bits per heavy atom. The molecule has 2 nitrogen and oxygen atoms in total. The maximum Gasteiger partial charge on any atom is 0.418 e. The lowest BCUT2D eigenvalue weighted by Gasteiger charge is -2.13. The summed E-state index contributed by atoms with van der Waals surface area (Å²) in [4.78, 5) is 5.08. The van der Waals surface area contributed by atoms with Crippen LogP contribution in [0.15, 0.2) is 66.9 Å². The standard InChI is InChI=1S/C21H14ClF3N2S/c22-19-8-7-15(28-19)12-27-14-4-1-3-13(11-14)16-9-10-26-20-17(16)5-2-6-18(20)21(23,24)25/h1-11,27H,12H2. The van der Waals surface area contributed by atoms with Gasteiger partial charge in [0.25, 0.3) is 0 Å². The van der Waals surface area contributed by atoms with Gasteiger partial charge in [-0.2, -0.15) is 13.2 Å². The van der Waals surface area contributed by atoms with E-state index < -0.39 is 11.7 Å². The predicted molar refractivity (Wildman–Crippen MR) is 109 cm³/mol. The third-order valence-corrected chi connectivity index (χ3v) is 5.58. The molecule has 0 fully saturated rings. The van der Waals surface area contributed by atoms with E-state index in [-0.39, 0.29) is 5.52 Å². The number of nitrogens with one attached hydrogen (secondary N) is 1. The van der Waals surface area contributed by atoms with E-state index in [0.717, 1.165) is 26.5 Å². The van der Waals surface area contributed by atoms with E-state index in [9.17, 15) is 13.2 Å². The fourth-order valence-electron chi connectivity index (χ4n) is 3.09. The van der Waals surface area contributed by atoms with Crippen molar-refractivity contribution >= 4 is 39.5 Å². The molecule has 0 radical (unpaired) electrons. The van der Waals surface area contributed by atoms with Gasteiger partial charge in [-0.1, -0.05) is 35.9 Å². The van der Waals surface area contributed by atoms with Crippen molar-refractivity contribution in [1.82, 2.24) is 4.98 Å². The zero-order valence-electron chi connectivity index (χ0n) is 14.4. The van der Waals surface area contributed by atoms with Gasteiger partial charge in [0.1, 0.15) is 0 Å². The summed E-state index contributed by atoms with van der Waals surface area (Å²) in [6.07, 6.45) is -3.03. The van der Waals surface area contributed by atoms with Gasteiger partial charge in [0, 0.05) is 28.7 Å². The average Bonchev–Trinajstić information content (AvgIpc) is 3.10. The van der Waals surface area contributed by atoms with Gasteiger partial charge in [-0.15, -0.1) is 11.3 Å². The molecule has 0 saturated carbocycles. The minimum atomic E-state index is -4.45. The molecule has 7 heteroatoms. The number of nitrogens with zero attached hydrogens (tertiary/aromatic N) is 1. The first kappa shape index (κ1) is 18.8. The second-order valence-corrected chi connectivity index (χ2v) is 8.00. The highest BCUT2D eigenvalue weighted by atomic mass is 35.5. The molecule has 4 aromatic rings. The maximum atomic E-state index is 13.3. The van der Waals surface area contributed by atoms with Crippen molar-refractivity contribution in [3.8, 4) is 11.1 Å². The molecule has 1 N–H and O–H groups in total. The van der Waals surface area contributed by atoms with Crippen molar-refractivity contribution in [2.45, 2.75) is 12.7 Å². The van der Waals surface area contributed by atoms with Crippen LogP contribution in [0.1, 0.15) is 10.4 Å². The smallest absolute Gasteiger partial charge is 0.380 e. The monoisotopic (exact) mass is 418 g/mol. The Kier molecular flexibility index (Phi) is 5.00. The number of fused-ring (bicyclic) bond motifs is 1. The molecule has 0 amide bonds. The van der Waals surface area contributed by atoms with Crippen molar-refractivity contribution < 1.29 is 13.2 Å². The zero-order valence-corrected chi connectivity index (χ0v) is 16.0. The quantitative estimate of drug-likeness (QED) is 0.377. The highest BCUT2D eigenvalue weighted by Gasteiger charge is 2.33. The van der Waals surface area contributed by atoms with Crippen LogP contribution in [-0.2, 0) is 12.7 Å². The lowest BCUT2D eigenvalue weighted by Crippen LogP contribution is -2.06. The predicted octanol–water partition coefficient (Wildman–Crippen LogP) is 7.25. The lowest BCUT2D eigenvalue weighted by molar-refractivity contribution is -0.136. The molecule has 0 atom stereocenters. The number of alkyl halides is 3. The highest BCUT2D eigenvalue weighted by Crippen LogP contribution is 2.37. The van der Waals surface area contributed by atoms with E-state index in [1.165, 1.54) is 23.6 Å². The SMILES string of the molecule is FC(F)(F)c1cccc2c(-c3cccc(NCc4ccc(Cl)s4)c3)ccnc12. The summed E-state index contributed by atoms with van der Waals surface area (Å²) in [5, 5.41) is 3.80. The van der Waals surface area contributed by atoms with E-state index >= 15 is 0 Å². The molecule has 0 saturated heterocycles. The Hall–Kier alpha value is -2.57. The largest absolute Gasteiger partial charge is 0.418 e. The number of hydrogen-bond donors (Lipinski definition) is 1. The van der Waals surface area contributed by atoms with Gasteiger partial charge >= 0.3 is 6.18 Å². The van der Waals surface area contributed by atoms with Crippen LogP contribution in [0.3, 0.4) is 0 Å². The third kappa shape index (κ3) is 3.84. The summed E-state index contributed by atoms with van der Waals surface area (Å²) >= 11 is 7.45. The van der Waals surface area contributed by atoms with Gasteiger partial charge < -0.3 is 5.32 Å². The van der Waals surface area contributed by atoms with E-state index in [4.69, 9.17) is 11.6 Å². The molecular weight excluding hydrogens is 405 g/mol. The third-order valence-electron chi connectivity index (χ3n) is 4.35. The number of anilines is 1. The normalized spacial score (nSPS) is 11.7. The fraction of sp³-hybridized carbons (Fsp3) is 0.0952. The Balaban J connectivity index is 1.70. The van der Waals surface area contributed by atoms with Crippen LogP contribution in [0.2, 0.25) is 4.34 Å². The Morgan fingerprint density at radius 3 is 2.57 bits per heavy atom. The first-order chi connectivity index (χ1) is 13.4. The van der Waals surface area contributed by atoms with Crippen molar-refractivity contribution in [3.05, 3.63) is 81.6 Å². The number of hydrogen-bond acceptors (Lipinski definition) is 3. The molecule has 0 bridgehead atoms. The van der Waals surface area contributed by atoms with Gasteiger partial charge in [-0.05, 0) is 47.5 Å². The van der Waals surface area contributed by atoms with Crippen molar-refractivity contribution in [2.75, 3.05) is 5.32 Å². The number of aromatic nitrogens is 1. The van der Waals surface area contributed by atoms with Crippen LogP contribution < -0.4 is 5.32 Å². The number of pyridine rings is 1. The molecule has 0 aliphatic heterocycles. The molecule has 2 aromatic heterocycles. The van der Waals surface area contributed by atoms with Gasteiger partial charge in [0.05, 0.1) is 15.4 Å². The summed E-state index contributed by atoms with van der Waals surface area (Å²) in [5.41, 5.74) is 1.63. The number of thiophene rings is 1. The molecule has 2 heterocycles. The summed E-state index contributed by atoms with van der Waals surface area (Å²) in [6, 6.07) is 17.3. The Morgan fingerprint density at radius 2 is 1.82 bits per heavy atom. The molecule has 28 heavy (non-hydrogen) atoms. The minimum Gasteiger partial charge on any atom is -0.380 e. The second-order valence-electron chi connectivity index (χ2n) is 6.20. The lowest BCUT2D eigenvalue weighted by atomic mass is 9.99. The summed E-state index contributed by atoms with van der Waals surface area (Å²) in [7, 11) is 0. The zero-order chi connectivity index (χ0) is 19.7. The van der Waals surface area contributed by atoms with Gasteiger partial charge in [0.15, 0.2) is 0 Å². The van der Waals surface area contributed by atoms with Crippen LogP contribution in [0, 0.1) is 0 Å². The molecule has 0 aliphatic rings. The summed E-state index contributed by atoms with van der Waals surface area (Å²) < 4.78 is 40.7. The Bertz CT molecular complexity index is 1140. The first-order valence-corrected chi connectivity index (χ1v) is 9.65. The molecular formula is C21H14ClF3N2S. The number of halogens is 4. The molecule has 2 aromatic carbocycles. The molecule has 0 aliphatic carbocycles. The van der Waals surface area contributed by atoms with E-state index in [2.05, 4.69) is 10.3 Å². The molecule has 4 rings (SSSR count). The number of para-hydroxylation sites is 1. The number of rotatable bonds is 4. The van der Waals surface area contributed by atoms with Gasteiger partial charge in [-0.3, -0.25) is 4.98 Å². The van der Waals surface area contributed by atoms with Crippen LogP contribution in [-0.4, -0.2) is 4.98 Å². The topological polar surface area (TPSA) is 24.9 Å². The van der Waals surface area contributed by atoms with Crippen LogP contribution in [0.25, 0.3) is 22.0 Å².